The van der Waals surface area contributed by atoms with E-state index in [9.17, 15) is 18.0 Å². The Morgan fingerprint density at radius 2 is 1.50 bits per heavy atom. The Labute approximate surface area is 204 Å². The molecular formula is C26H37N3O4S. The quantitative estimate of drug-likeness (QED) is 0.554. The first kappa shape index (κ1) is 27.4. The molecule has 2 aromatic carbocycles. The van der Waals surface area contributed by atoms with Crippen LogP contribution >= 0.6 is 0 Å². The molecule has 0 saturated carbocycles. The summed E-state index contributed by atoms with van der Waals surface area (Å²) >= 11 is 0. The van der Waals surface area contributed by atoms with E-state index >= 15 is 0 Å². The maximum Gasteiger partial charge on any atom is 0.244 e. The zero-order valence-electron chi connectivity index (χ0n) is 21.3. The van der Waals surface area contributed by atoms with E-state index in [-0.39, 0.29) is 18.5 Å². The van der Waals surface area contributed by atoms with Crippen LogP contribution in [-0.2, 0) is 26.2 Å². The number of benzene rings is 2. The lowest BCUT2D eigenvalue weighted by Crippen LogP contribution is -2.52. The van der Waals surface area contributed by atoms with Gasteiger partial charge in [-0.15, -0.1) is 0 Å². The molecule has 0 aliphatic rings. The molecule has 34 heavy (non-hydrogen) atoms. The summed E-state index contributed by atoms with van der Waals surface area (Å²) in [6.07, 6.45) is 1.85. The van der Waals surface area contributed by atoms with Gasteiger partial charge in [-0.05, 0) is 69.9 Å². The Bertz CT molecular complexity index is 1090. The van der Waals surface area contributed by atoms with Crippen LogP contribution in [0.1, 0.15) is 49.4 Å². The fraction of sp³-hybridized carbons (Fsp3) is 0.462. The van der Waals surface area contributed by atoms with Crippen molar-refractivity contribution in [3.8, 4) is 0 Å². The van der Waals surface area contributed by atoms with Crippen molar-refractivity contribution in [2.24, 2.45) is 0 Å². The third-order valence-electron chi connectivity index (χ3n) is 5.82. The molecule has 0 unspecified atom stereocenters. The molecule has 2 amide bonds. The van der Waals surface area contributed by atoms with Crippen LogP contribution in [-0.4, -0.2) is 50.0 Å². The minimum atomic E-state index is -3.74. The predicted molar refractivity (Wildman–Crippen MR) is 137 cm³/mol. The van der Waals surface area contributed by atoms with Crippen LogP contribution in [0.25, 0.3) is 0 Å². The third kappa shape index (κ3) is 7.58. The molecule has 0 aliphatic carbocycles. The standard InChI is InChI=1S/C26H37N3O4S/c1-8-21(5)27-26(31)22(6)28(16-23-11-9-18(2)10-12-23)25(30)17-29(34(7,32)33)24-14-19(3)13-20(4)15-24/h9-15,21-22H,8,16-17H2,1-7H3,(H,27,31)/t21-,22-/m0/s1. The Morgan fingerprint density at radius 3 is 2.00 bits per heavy atom. The fourth-order valence-corrected chi connectivity index (χ4v) is 4.48. The number of carbonyl (C=O) groups excluding carboxylic acids is 2. The maximum atomic E-state index is 13.6. The summed E-state index contributed by atoms with van der Waals surface area (Å²) in [4.78, 5) is 27.9. The van der Waals surface area contributed by atoms with Gasteiger partial charge in [-0.3, -0.25) is 13.9 Å². The molecular weight excluding hydrogens is 450 g/mol. The summed E-state index contributed by atoms with van der Waals surface area (Å²) in [5, 5.41) is 2.93. The van der Waals surface area contributed by atoms with Gasteiger partial charge in [-0.25, -0.2) is 8.42 Å². The number of hydrogen-bond donors (Lipinski definition) is 1. The van der Waals surface area contributed by atoms with E-state index in [2.05, 4.69) is 5.32 Å². The lowest BCUT2D eigenvalue weighted by Gasteiger charge is -2.32. The first-order chi connectivity index (χ1) is 15.8. The Kier molecular flexibility index (Phi) is 9.27. The normalized spacial score (nSPS) is 13.1. The number of carbonyl (C=O) groups is 2. The van der Waals surface area contributed by atoms with Crippen molar-refractivity contribution in [2.75, 3.05) is 17.1 Å². The molecule has 186 valence electrons. The van der Waals surface area contributed by atoms with E-state index in [1.807, 2.05) is 65.0 Å². The lowest BCUT2D eigenvalue weighted by atomic mass is 10.1. The predicted octanol–water partition coefficient (Wildman–Crippen LogP) is 3.71. The molecule has 0 bridgehead atoms. The lowest BCUT2D eigenvalue weighted by molar-refractivity contribution is -0.139. The molecule has 1 N–H and O–H groups in total. The number of aryl methyl sites for hydroxylation is 3. The minimum absolute atomic E-state index is 0.0333. The Balaban J connectivity index is 2.41. The maximum absolute atomic E-state index is 13.6. The van der Waals surface area contributed by atoms with Crippen LogP contribution in [0, 0.1) is 20.8 Å². The van der Waals surface area contributed by atoms with E-state index in [4.69, 9.17) is 0 Å². The second kappa shape index (κ2) is 11.5. The molecule has 0 heterocycles. The van der Waals surface area contributed by atoms with Gasteiger partial charge in [0.15, 0.2) is 0 Å². The second-order valence-corrected chi connectivity index (χ2v) is 11.0. The molecule has 0 aliphatic heterocycles. The highest BCUT2D eigenvalue weighted by atomic mass is 32.2. The van der Waals surface area contributed by atoms with Crippen LogP contribution < -0.4 is 9.62 Å². The van der Waals surface area contributed by atoms with E-state index in [0.29, 0.717) is 5.69 Å². The summed E-state index contributed by atoms with van der Waals surface area (Å²) in [6, 6.07) is 12.3. The van der Waals surface area contributed by atoms with Crippen molar-refractivity contribution in [3.05, 3.63) is 64.7 Å². The van der Waals surface area contributed by atoms with Crippen molar-refractivity contribution in [1.82, 2.24) is 10.2 Å². The molecule has 2 rings (SSSR count). The summed E-state index contributed by atoms with van der Waals surface area (Å²) in [7, 11) is -3.74. The summed E-state index contributed by atoms with van der Waals surface area (Å²) < 4.78 is 26.5. The van der Waals surface area contributed by atoms with Crippen LogP contribution in [0.4, 0.5) is 5.69 Å². The highest BCUT2D eigenvalue weighted by Gasteiger charge is 2.30. The van der Waals surface area contributed by atoms with Crippen LogP contribution in [0.2, 0.25) is 0 Å². The third-order valence-corrected chi connectivity index (χ3v) is 6.96. The van der Waals surface area contributed by atoms with Crippen molar-refractivity contribution in [1.29, 1.82) is 0 Å². The molecule has 0 fully saturated rings. The van der Waals surface area contributed by atoms with Crippen molar-refractivity contribution >= 4 is 27.5 Å². The molecule has 0 saturated heterocycles. The fourth-order valence-electron chi connectivity index (χ4n) is 3.65. The monoisotopic (exact) mass is 487 g/mol. The van der Waals surface area contributed by atoms with Crippen molar-refractivity contribution in [2.45, 2.75) is 66.6 Å². The number of anilines is 1. The number of nitrogens with zero attached hydrogens (tertiary/aromatic N) is 2. The number of rotatable bonds is 10. The van der Waals surface area contributed by atoms with Gasteiger partial charge in [0.1, 0.15) is 12.6 Å². The molecule has 0 radical (unpaired) electrons. The number of hydrogen-bond acceptors (Lipinski definition) is 4. The van der Waals surface area contributed by atoms with E-state index in [1.54, 1.807) is 19.1 Å². The average molecular weight is 488 g/mol. The smallest absolute Gasteiger partial charge is 0.244 e. The van der Waals surface area contributed by atoms with Gasteiger partial charge >= 0.3 is 0 Å². The second-order valence-electron chi connectivity index (χ2n) is 9.12. The molecule has 0 spiro atoms. The number of amides is 2. The molecule has 2 atom stereocenters. The molecule has 2 aromatic rings. The van der Waals surface area contributed by atoms with Gasteiger partial charge in [-0.2, -0.15) is 0 Å². The summed E-state index contributed by atoms with van der Waals surface area (Å²) in [5.74, 6) is -0.718. The number of sulfonamides is 1. The van der Waals surface area contributed by atoms with Gasteiger partial charge < -0.3 is 10.2 Å². The average Bonchev–Trinajstić information content (AvgIpc) is 2.74. The zero-order valence-corrected chi connectivity index (χ0v) is 22.1. The zero-order chi connectivity index (χ0) is 25.6. The minimum Gasteiger partial charge on any atom is -0.352 e. The first-order valence-corrected chi connectivity index (χ1v) is 13.4. The van der Waals surface area contributed by atoms with E-state index in [1.165, 1.54) is 4.90 Å². The SMILES string of the molecule is CC[C@H](C)NC(=O)[C@H](C)N(Cc1ccc(C)cc1)C(=O)CN(c1cc(C)cc(C)c1)S(C)(=O)=O. The highest BCUT2D eigenvalue weighted by Crippen LogP contribution is 2.22. The molecule has 7 nitrogen and oxygen atoms in total. The van der Waals surface area contributed by atoms with Crippen molar-refractivity contribution < 1.29 is 18.0 Å². The van der Waals surface area contributed by atoms with E-state index < -0.39 is 28.5 Å². The summed E-state index contributed by atoms with van der Waals surface area (Å²) in [5.41, 5.74) is 4.17. The highest BCUT2D eigenvalue weighted by molar-refractivity contribution is 7.92. The van der Waals surface area contributed by atoms with Gasteiger partial charge in [0, 0.05) is 12.6 Å². The topological polar surface area (TPSA) is 86.8 Å². The first-order valence-electron chi connectivity index (χ1n) is 11.5. The Hall–Kier alpha value is -2.87. The van der Waals surface area contributed by atoms with E-state index in [0.717, 1.165) is 39.2 Å². The van der Waals surface area contributed by atoms with Crippen LogP contribution in [0.15, 0.2) is 42.5 Å². The van der Waals surface area contributed by atoms with Gasteiger partial charge in [0.25, 0.3) is 0 Å². The van der Waals surface area contributed by atoms with Gasteiger partial charge in [0.2, 0.25) is 21.8 Å². The van der Waals surface area contributed by atoms with Gasteiger partial charge in [-0.1, -0.05) is 42.8 Å². The van der Waals surface area contributed by atoms with Crippen molar-refractivity contribution in [3.63, 3.8) is 0 Å². The summed E-state index contributed by atoms with van der Waals surface area (Å²) in [6.45, 7) is 11.1. The van der Waals surface area contributed by atoms with Gasteiger partial charge in [0.05, 0.1) is 11.9 Å². The van der Waals surface area contributed by atoms with Crippen LogP contribution in [0.5, 0.6) is 0 Å². The molecule has 8 heteroatoms. The Morgan fingerprint density at radius 1 is 0.941 bits per heavy atom. The largest absolute Gasteiger partial charge is 0.352 e. The number of nitrogens with one attached hydrogen (secondary N) is 1. The molecule has 0 aromatic heterocycles. The van der Waals surface area contributed by atoms with Crippen LogP contribution in [0.3, 0.4) is 0 Å².